The number of carbonyl (C=O) groups excluding carboxylic acids is 1. The van der Waals surface area contributed by atoms with E-state index in [0.29, 0.717) is 16.8 Å². The average molecular weight is 392 g/mol. The lowest BCUT2D eigenvalue weighted by Gasteiger charge is -2.16. The number of benzene rings is 2. The number of carbonyl (C=O) groups is 1. The minimum atomic E-state index is 0.468. The van der Waals surface area contributed by atoms with E-state index in [1.54, 1.807) is 12.3 Å². The minimum Gasteiger partial charge on any atom is -0.361 e. The average Bonchev–Trinajstić information content (AvgIpc) is 3.25. The first kappa shape index (κ1) is 19.2. The van der Waals surface area contributed by atoms with Crippen LogP contribution in [0.1, 0.15) is 38.3 Å². The number of anilines is 2. The van der Waals surface area contributed by atoms with Crippen LogP contribution < -0.4 is 5.32 Å². The van der Waals surface area contributed by atoms with Crippen LogP contribution in [0.2, 0.25) is 0 Å². The number of aromatic amines is 1. The summed E-state index contributed by atoms with van der Waals surface area (Å²) in [7, 11) is 0. The van der Waals surface area contributed by atoms with Crippen molar-refractivity contribution < 1.29 is 4.79 Å². The van der Waals surface area contributed by atoms with Crippen LogP contribution in [-0.2, 0) is 0 Å². The van der Waals surface area contributed by atoms with E-state index in [9.17, 15) is 10.1 Å². The van der Waals surface area contributed by atoms with Gasteiger partial charge in [-0.1, -0.05) is 30.4 Å². The molecule has 30 heavy (non-hydrogen) atoms. The van der Waals surface area contributed by atoms with E-state index >= 15 is 0 Å². The highest BCUT2D eigenvalue weighted by molar-refractivity contribution is 5.91. The molecule has 0 aliphatic carbocycles. The number of nitrogens with one attached hydrogen (secondary N) is 2. The van der Waals surface area contributed by atoms with Gasteiger partial charge >= 0.3 is 0 Å². The van der Waals surface area contributed by atoms with Gasteiger partial charge in [0.1, 0.15) is 12.4 Å². The van der Waals surface area contributed by atoms with Gasteiger partial charge in [0, 0.05) is 45.8 Å². The third-order valence-electron chi connectivity index (χ3n) is 5.19. The molecule has 0 amide bonds. The predicted molar refractivity (Wildman–Crippen MR) is 121 cm³/mol. The number of nitriles is 1. The fourth-order valence-electron chi connectivity index (χ4n) is 3.51. The Morgan fingerprint density at radius 2 is 1.93 bits per heavy atom. The summed E-state index contributed by atoms with van der Waals surface area (Å²) >= 11 is 0. The van der Waals surface area contributed by atoms with Crippen LogP contribution in [-0.4, -0.2) is 16.3 Å². The predicted octanol–water partition coefficient (Wildman–Crippen LogP) is 5.78. The molecule has 0 bridgehead atoms. The summed E-state index contributed by atoms with van der Waals surface area (Å²) in [6.45, 7) is 3.97. The molecule has 0 saturated heterocycles. The highest BCUT2D eigenvalue weighted by Gasteiger charge is 2.13. The van der Waals surface area contributed by atoms with E-state index in [1.165, 1.54) is 0 Å². The van der Waals surface area contributed by atoms with Gasteiger partial charge in [-0.05, 0) is 49.2 Å². The number of aromatic nitrogens is 2. The van der Waals surface area contributed by atoms with E-state index in [1.807, 2.05) is 61.7 Å². The molecule has 4 rings (SSSR count). The smallest absolute Gasteiger partial charge is 0.150 e. The lowest BCUT2D eigenvalue weighted by Crippen LogP contribution is -2.02. The molecule has 146 valence electrons. The summed E-state index contributed by atoms with van der Waals surface area (Å²) in [5.74, 6) is 0. The standard InChI is InChI=1S/C25H20N4O/c1-16-21-10-11-27-24(21)9-8-23(16)29-25-20(13-26)14-28-17(2)22(25)7-6-18-4-3-5-19(12-18)15-30/h3-12,14-15,27H,1-2H3,(H,28,29). The summed E-state index contributed by atoms with van der Waals surface area (Å²) in [6.07, 6.45) is 8.19. The third-order valence-corrected chi connectivity index (χ3v) is 5.19. The first-order valence-electron chi connectivity index (χ1n) is 9.57. The molecule has 0 atom stereocenters. The molecule has 2 N–H and O–H groups in total. The van der Waals surface area contributed by atoms with Gasteiger partial charge in [-0.3, -0.25) is 9.78 Å². The normalized spacial score (nSPS) is 11.0. The molecule has 4 aromatic rings. The number of aryl methyl sites for hydroxylation is 2. The Hall–Kier alpha value is -4.17. The largest absolute Gasteiger partial charge is 0.361 e. The number of nitrogens with zero attached hydrogens (tertiary/aromatic N) is 2. The zero-order valence-electron chi connectivity index (χ0n) is 16.7. The molecular formula is C25H20N4O. The maximum atomic E-state index is 11.1. The van der Waals surface area contributed by atoms with E-state index < -0.39 is 0 Å². The van der Waals surface area contributed by atoms with Crippen LogP contribution in [0, 0.1) is 25.2 Å². The molecule has 0 aliphatic heterocycles. The summed E-state index contributed by atoms with van der Waals surface area (Å²) in [5.41, 5.74) is 7.44. The molecule has 2 heterocycles. The topological polar surface area (TPSA) is 81.6 Å². The molecule has 2 aromatic heterocycles. The van der Waals surface area contributed by atoms with E-state index in [-0.39, 0.29) is 0 Å². The zero-order chi connectivity index (χ0) is 21.1. The number of H-pyrrole nitrogens is 1. The van der Waals surface area contributed by atoms with Crippen molar-refractivity contribution in [2.24, 2.45) is 0 Å². The number of pyridine rings is 1. The maximum Gasteiger partial charge on any atom is 0.150 e. The van der Waals surface area contributed by atoms with Crippen molar-refractivity contribution in [2.45, 2.75) is 13.8 Å². The van der Waals surface area contributed by atoms with Gasteiger partial charge in [0.15, 0.2) is 0 Å². The molecule has 2 aromatic carbocycles. The van der Waals surface area contributed by atoms with Crippen LogP contribution in [0.3, 0.4) is 0 Å². The van der Waals surface area contributed by atoms with Crippen molar-refractivity contribution in [1.82, 2.24) is 9.97 Å². The first-order valence-corrected chi connectivity index (χ1v) is 9.57. The zero-order valence-corrected chi connectivity index (χ0v) is 16.7. The van der Waals surface area contributed by atoms with Gasteiger partial charge in [0.05, 0.1) is 11.3 Å². The quantitative estimate of drug-likeness (QED) is 0.422. The van der Waals surface area contributed by atoms with Crippen molar-refractivity contribution in [3.05, 3.63) is 88.4 Å². The fourth-order valence-corrected chi connectivity index (χ4v) is 3.51. The van der Waals surface area contributed by atoms with Gasteiger partial charge in [-0.15, -0.1) is 0 Å². The second-order valence-corrected chi connectivity index (χ2v) is 7.08. The molecule has 0 saturated carbocycles. The van der Waals surface area contributed by atoms with Crippen molar-refractivity contribution >= 4 is 40.7 Å². The summed E-state index contributed by atoms with van der Waals surface area (Å²) in [5, 5.41) is 14.3. The van der Waals surface area contributed by atoms with Crippen LogP contribution in [0.25, 0.3) is 23.1 Å². The summed E-state index contributed by atoms with van der Waals surface area (Å²) in [6, 6.07) is 15.7. The molecule has 0 fully saturated rings. The van der Waals surface area contributed by atoms with Crippen LogP contribution in [0.4, 0.5) is 11.4 Å². The van der Waals surface area contributed by atoms with Crippen molar-refractivity contribution in [3.63, 3.8) is 0 Å². The lowest BCUT2D eigenvalue weighted by atomic mass is 10.0. The van der Waals surface area contributed by atoms with Crippen LogP contribution in [0.5, 0.6) is 0 Å². The monoisotopic (exact) mass is 392 g/mol. The number of aldehydes is 1. The highest BCUT2D eigenvalue weighted by Crippen LogP contribution is 2.32. The van der Waals surface area contributed by atoms with Gasteiger partial charge in [0.2, 0.25) is 0 Å². The fraction of sp³-hybridized carbons (Fsp3) is 0.0800. The van der Waals surface area contributed by atoms with E-state index in [0.717, 1.165) is 45.3 Å². The summed E-state index contributed by atoms with van der Waals surface area (Å²) < 4.78 is 0. The SMILES string of the molecule is Cc1ncc(C#N)c(Nc2ccc3[nH]ccc3c2C)c1C=Cc1cccc(C=O)c1. The number of hydrogen-bond donors (Lipinski definition) is 2. The molecule has 0 radical (unpaired) electrons. The van der Waals surface area contributed by atoms with Gasteiger partial charge in [-0.25, -0.2) is 0 Å². The molecule has 0 spiro atoms. The van der Waals surface area contributed by atoms with E-state index in [2.05, 4.69) is 28.3 Å². The van der Waals surface area contributed by atoms with Gasteiger partial charge in [0.25, 0.3) is 0 Å². The first-order chi connectivity index (χ1) is 14.6. The molecule has 5 heteroatoms. The van der Waals surface area contributed by atoms with Crippen LogP contribution >= 0.6 is 0 Å². The van der Waals surface area contributed by atoms with E-state index in [4.69, 9.17) is 0 Å². The Morgan fingerprint density at radius 1 is 1.10 bits per heavy atom. The summed E-state index contributed by atoms with van der Waals surface area (Å²) in [4.78, 5) is 18.7. The van der Waals surface area contributed by atoms with Crippen molar-refractivity contribution in [3.8, 4) is 6.07 Å². The molecule has 5 nitrogen and oxygen atoms in total. The lowest BCUT2D eigenvalue weighted by molar-refractivity contribution is 0.112. The second-order valence-electron chi connectivity index (χ2n) is 7.08. The number of rotatable bonds is 5. The number of fused-ring (bicyclic) bond motifs is 1. The molecule has 0 aliphatic rings. The minimum absolute atomic E-state index is 0.468. The van der Waals surface area contributed by atoms with Crippen LogP contribution in [0.15, 0.2) is 54.9 Å². The Kier molecular flexibility index (Phi) is 5.15. The third kappa shape index (κ3) is 3.59. The Morgan fingerprint density at radius 3 is 2.73 bits per heavy atom. The van der Waals surface area contributed by atoms with Crippen molar-refractivity contribution in [1.29, 1.82) is 5.26 Å². The number of hydrogen-bond acceptors (Lipinski definition) is 4. The second kappa shape index (κ2) is 8.06. The van der Waals surface area contributed by atoms with Gasteiger partial charge in [-0.2, -0.15) is 5.26 Å². The Bertz CT molecular complexity index is 1320. The maximum absolute atomic E-state index is 11.1. The Labute approximate surface area is 174 Å². The molecular weight excluding hydrogens is 372 g/mol. The van der Waals surface area contributed by atoms with Gasteiger partial charge < -0.3 is 10.3 Å². The highest BCUT2D eigenvalue weighted by atomic mass is 16.1. The van der Waals surface area contributed by atoms with Crippen molar-refractivity contribution in [2.75, 3.05) is 5.32 Å². The Balaban J connectivity index is 1.79. The molecule has 0 unspecified atom stereocenters.